The second-order valence-electron chi connectivity index (χ2n) is 4.78. The van der Waals surface area contributed by atoms with Crippen LogP contribution in [-0.2, 0) is 9.53 Å². The first-order valence-electron chi connectivity index (χ1n) is 6.45. The fraction of sp³-hybridized carbons (Fsp3) is 0.286. The SMILES string of the molecule is CC1=C(C(=O)OCC(Cl)(Cl)Cl)C(c2ccccc2Cl)NC(=O)N1. The van der Waals surface area contributed by atoms with E-state index in [9.17, 15) is 9.59 Å². The summed E-state index contributed by atoms with van der Waals surface area (Å²) >= 11 is 22.9. The van der Waals surface area contributed by atoms with Crippen LogP contribution in [0.4, 0.5) is 4.79 Å². The first-order valence-corrected chi connectivity index (χ1v) is 7.97. The number of hydrogen-bond donors (Lipinski definition) is 2. The Hall–Kier alpha value is -1.14. The summed E-state index contributed by atoms with van der Waals surface area (Å²) in [5.74, 6) is -0.716. The summed E-state index contributed by atoms with van der Waals surface area (Å²) in [7, 11) is 0. The maximum Gasteiger partial charge on any atom is 0.338 e. The fourth-order valence-corrected chi connectivity index (χ4v) is 2.54. The summed E-state index contributed by atoms with van der Waals surface area (Å²) in [6.45, 7) is 1.16. The van der Waals surface area contributed by atoms with Crippen molar-refractivity contribution in [3.8, 4) is 0 Å². The number of alkyl halides is 3. The molecule has 0 aliphatic carbocycles. The lowest BCUT2D eigenvalue weighted by atomic mass is 9.95. The van der Waals surface area contributed by atoms with Gasteiger partial charge in [-0.15, -0.1) is 0 Å². The van der Waals surface area contributed by atoms with Crippen molar-refractivity contribution >= 4 is 58.4 Å². The van der Waals surface area contributed by atoms with E-state index in [0.29, 0.717) is 16.3 Å². The van der Waals surface area contributed by atoms with Crippen molar-refractivity contribution in [2.24, 2.45) is 0 Å². The van der Waals surface area contributed by atoms with Crippen LogP contribution in [0.3, 0.4) is 0 Å². The van der Waals surface area contributed by atoms with Gasteiger partial charge in [-0.2, -0.15) is 0 Å². The van der Waals surface area contributed by atoms with Gasteiger partial charge in [0.1, 0.15) is 6.61 Å². The molecule has 2 amide bonds. The number of halogens is 4. The van der Waals surface area contributed by atoms with Crippen LogP contribution in [0, 0.1) is 0 Å². The molecule has 2 rings (SSSR count). The number of nitrogens with one attached hydrogen (secondary N) is 2. The third-order valence-electron chi connectivity index (χ3n) is 3.07. The van der Waals surface area contributed by atoms with E-state index < -0.39 is 28.4 Å². The van der Waals surface area contributed by atoms with Gasteiger partial charge in [0.2, 0.25) is 3.79 Å². The molecule has 0 saturated carbocycles. The molecule has 2 N–H and O–H groups in total. The molecule has 1 heterocycles. The molecule has 1 unspecified atom stereocenters. The molecule has 1 aliphatic heterocycles. The standard InChI is InChI=1S/C14H12Cl4N2O3/c1-7-10(12(21)23-6-14(16,17)18)11(20-13(22)19-7)8-4-2-3-5-9(8)15/h2-5,11H,6H2,1H3,(H2,19,20,22). The number of hydrogen-bond acceptors (Lipinski definition) is 3. The van der Waals surface area contributed by atoms with Crippen LogP contribution in [0.25, 0.3) is 0 Å². The van der Waals surface area contributed by atoms with Crippen LogP contribution >= 0.6 is 46.4 Å². The molecule has 0 aromatic heterocycles. The Bertz CT molecular complexity index is 670. The molecule has 5 nitrogen and oxygen atoms in total. The lowest BCUT2D eigenvalue weighted by molar-refractivity contribution is -0.139. The number of allylic oxidation sites excluding steroid dienone is 1. The summed E-state index contributed by atoms with van der Waals surface area (Å²) in [5.41, 5.74) is 1.09. The van der Waals surface area contributed by atoms with E-state index in [-0.39, 0.29) is 5.57 Å². The summed E-state index contributed by atoms with van der Waals surface area (Å²) in [4.78, 5) is 24.1. The molecule has 0 saturated heterocycles. The molecular formula is C14H12Cl4N2O3. The highest BCUT2D eigenvalue weighted by atomic mass is 35.6. The third-order valence-corrected chi connectivity index (χ3v) is 3.74. The fourth-order valence-electron chi connectivity index (χ4n) is 2.13. The van der Waals surface area contributed by atoms with E-state index in [2.05, 4.69) is 10.6 Å². The minimum Gasteiger partial charge on any atom is -0.458 e. The summed E-state index contributed by atoms with van der Waals surface area (Å²) in [5, 5.41) is 5.56. The number of urea groups is 1. The van der Waals surface area contributed by atoms with Gasteiger partial charge in [-0.25, -0.2) is 9.59 Å². The lowest BCUT2D eigenvalue weighted by Crippen LogP contribution is -2.45. The Balaban J connectivity index is 2.36. The highest BCUT2D eigenvalue weighted by Crippen LogP contribution is 2.33. The Morgan fingerprint density at radius 3 is 2.57 bits per heavy atom. The lowest BCUT2D eigenvalue weighted by Gasteiger charge is -2.29. The van der Waals surface area contributed by atoms with Gasteiger partial charge in [-0.1, -0.05) is 64.6 Å². The smallest absolute Gasteiger partial charge is 0.338 e. The third kappa shape index (κ3) is 4.67. The first kappa shape index (κ1) is 18.2. The molecule has 0 fully saturated rings. The van der Waals surface area contributed by atoms with Crippen molar-refractivity contribution in [2.75, 3.05) is 6.61 Å². The Morgan fingerprint density at radius 1 is 1.30 bits per heavy atom. The van der Waals surface area contributed by atoms with E-state index in [1.165, 1.54) is 0 Å². The highest BCUT2D eigenvalue weighted by Gasteiger charge is 2.34. The largest absolute Gasteiger partial charge is 0.458 e. The number of esters is 1. The van der Waals surface area contributed by atoms with Gasteiger partial charge < -0.3 is 15.4 Å². The van der Waals surface area contributed by atoms with Crippen LogP contribution in [0.5, 0.6) is 0 Å². The second-order valence-corrected chi connectivity index (χ2v) is 7.71. The van der Waals surface area contributed by atoms with Crippen LogP contribution in [0.2, 0.25) is 5.02 Å². The maximum atomic E-state index is 12.4. The van der Waals surface area contributed by atoms with Gasteiger partial charge in [-0.05, 0) is 18.6 Å². The van der Waals surface area contributed by atoms with E-state index in [1.54, 1.807) is 31.2 Å². The van der Waals surface area contributed by atoms with Gasteiger partial charge in [0.15, 0.2) is 0 Å². The molecule has 1 aliphatic rings. The van der Waals surface area contributed by atoms with Gasteiger partial charge in [0, 0.05) is 10.7 Å². The highest BCUT2D eigenvalue weighted by molar-refractivity contribution is 6.67. The predicted octanol–water partition coefficient (Wildman–Crippen LogP) is 3.88. The minimum absolute atomic E-state index is 0.187. The number of carbonyl (C=O) groups is 2. The zero-order chi connectivity index (χ0) is 17.2. The predicted molar refractivity (Wildman–Crippen MR) is 89.8 cm³/mol. The molecule has 23 heavy (non-hydrogen) atoms. The van der Waals surface area contributed by atoms with Gasteiger partial charge in [-0.3, -0.25) is 0 Å². The average Bonchev–Trinajstić information content (AvgIpc) is 2.43. The van der Waals surface area contributed by atoms with E-state index in [1.807, 2.05) is 0 Å². The summed E-state index contributed by atoms with van der Waals surface area (Å²) in [6.07, 6.45) is 0. The molecule has 0 radical (unpaired) electrons. The zero-order valence-corrected chi connectivity index (χ0v) is 14.9. The van der Waals surface area contributed by atoms with Crippen molar-refractivity contribution in [2.45, 2.75) is 16.8 Å². The zero-order valence-electron chi connectivity index (χ0n) is 11.8. The number of rotatable bonds is 3. The molecule has 9 heteroatoms. The van der Waals surface area contributed by atoms with Crippen LogP contribution < -0.4 is 10.6 Å². The van der Waals surface area contributed by atoms with E-state index >= 15 is 0 Å². The summed E-state index contributed by atoms with van der Waals surface area (Å²) < 4.78 is 3.29. The normalized spacial score (nSPS) is 18.3. The first-order chi connectivity index (χ1) is 10.7. The van der Waals surface area contributed by atoms with Crippen LogP contribution in [-0.4, -0.2) is 22.4 Å². The molecule has 0 bridgehead atoms. The number of ether oxygens (including phenoxy) is 1. The van der Waals surface area contributed by atoms with Gasteiger partial charge >= 0.3 is 12.0 Å². The van der Waals surface area contributed by atoms with E-state index in [4.69, 9.17) is 51.1 Å². The molecule has 124 valence electrons. The quantitative estimate of drug-likeness (QED) is 0.600. The van der Waals surface area contributed by atoms with Crippen molar-refractivity contribution in [3.05, 3.63) is 46.1 Å². The maximum absolute atomic E-state index is 12.4. The number of amides is 2. The topological polar surface area (TPSA) is 67.4 Å². The van der Waals surface area contributed by atoms with Crippen LogP contribution in [0.1, 0.15) is 18.5 Å². The molecule has 1 atom stereocenters. The summed E-state index contributed by atoms with van der Waals surface area (Å²) in [6, 6.07) is 5.63. The van der Waals surface area contributed by atoms with Crippen LogP contribution in [0.15, 0.2) is 35.5 Å². The van der Waals surface area contributed by atoms with Crippen molar-refractivity contribution < 1.29 is 14.3 Å². The Morgan fingerprint density at radius 2 is 1.96 bits per heavy atom. The average molecular weight is 398 g/mol. The molecule has 1 aromatic carbocycles. The van der Waals surface area contributed by atoms with E-state index in [0.717, 1.165) is 0 Å². The Kier molecular flexibility index (Phi) is 5.68. The van der Waals surface area contributed by atoms with Gasteiger partial charge in [0.25, 0.3) is 0 Å². The molecule has 0 spiro atoms. The van der Waals surface area contributed by atoms with Crippen molar-refractivity contribution in [1.82, 2.24) is 10.6 Å². The number of benzene rings is 1. The van der Waals surface area contributed by atoms with Crippen molar-refractivity contribution in [3.63, 3.8) is 0 Å². The molecular weight excluding hydrogens is 386 g/mol. The monoisotopic (exact) mass is 396 g/mol. The Labute approximate surface area is 152 Å². The minimum atomic E-state index is -1.73. The molecule has 1 aromatic rings. The second kappa shape index (κ2) is 7.18. The number of carbonyl (C=O) groups excluding carboxylic acids is 2. The van der Waals surface area contributed by atoms with Gasteiger partial charge in [0.05, 0.1) is 11.6 Å². The van der Waals surface area contributed by atoms with Crippen molar-refractivity contribution in [1.29, 1.82) is 0 Å².